The summed E-state index contributed by atoms with van der Waals surface area (Å²) in [5.74, 6) is 0.590. The van der Waals surface area contributed by atoms with Gasteiger partial charge in [-0.3, -0.25) is 9.78 Å². The van der Waals surface area contributed by atoms with Gasteiger partial charge in [0.25, 0.3) is 0 Å². The zero-order valence-corrected chi connectivity index (χ0v) is 15.2. The summed E-state index contributed by atoms with van der Waals surface area (Å²) in [4.78, 5) is 19.4. The van der Waals surface area contributed by atoms with Crippen molar-refractivity contribution in [2.24, 2.45) is 17.3 Å². The summed E-state index contributed by atoms with van der Waals surface area (Å²) in [5, 5.41) is 14.1. The number of furan rings is 1. The number of aromatic nitrogens is 3. The molecule has 1 saturated carbocycles. The van der Waals surface area contributed by atoms with Crippen molar-refractivity contribution in [1.82, 2.24) is 14.8 Å². The van der Waals surface area contributed by atoms with E-state index in [0.717, 1.165) is 18.4 Å². The lowest BCUT2D eigenvalue weighted by molar-refractivity contribution is -0.124. The number of anilines is 1. The number of hydrogen-bond acceptors (Lipinski definition) is 5. The van der Waals surface area contributed by atoms with Crippen molar-refractivity contribution < 1.29 is 9.21 Å². The third-order valence-electron chi connectivity index (χ3n) is 5.85. The summed E-state index contributed by atoms with van der Waals surface area (Å²) in [6.45, 7) is 4.47. The Morgan fingerprint density at radius 1 is 1.41 bits per heavy atom. The molecule has 7 nitrogen and oxygen atoms in total. The molecule has 3 aromatic heterocycles. The number of fused-ring (bicyclic) bond motifs is 1. The first kappa shape index (κ1) is 16.1. The molecule has 136 valence electrons. The lowest BCUT2D eigenvalue weighted by atomic mass is 9.75. The van der Waals surface area contributed by atoms with Crippen LogP contribution in [0.25, 0.3) is 17.0 Å². The van der Waals surface area contributed by atoms with Gasteiger partial charge in [-0.25, -0.2) is 4.68 Å². The quantitative estimate of drug-likeness (QED) is 0.715. The molecule has 4 heterocycles. The fraction of sp³-hybridized carbons (Fsp3) is 0.400. The maximum atomic E-state index is 13.3. The van der Waals surface area contributed by atoms with Crippen molar-refractivity contribution >= 4 is 22.7 Å². The van der Waals surface area contributed by atoms with E-state index in [1.165, 1.54) is 0 Å². The highest BCUT2D eigenvalue weighted by Crippen LogP contribution is 2.54. The summed E-state index contributed by atoms with van der Waals surface area (Å²) >= 11 is 0. The minimum Gasteiger partial charge on any atom is -0.434 e. The van der Waals surface area contributed by atoms with Crippen LogP contribution in [-0.2, 0) is 4.79 Å². The first-order valence-electron chi connectivity index (χ1n) is 9.18. The van der Waals surface area contributed by atoms with Crippen molar-refractivity contribution in [1.29, 1.82) is 5.26 Å². The molecular formula is C20H19N5O2. The Morgan fingerprint density at radius 3 is 2.89 bits per heavy atom. The van der Waals surface area contributed by atoms with E-state index in [2.05, 4.69) is 16.2 Å². The summed E-state index contributed by atoms with van der Waals surface area (Å²) in [7, 11) is 0. The Morgan fingerprint density at radius 2 is 2.22 bits per heavy atom. The number of pyridine rings is 1. The smallest absolute Gasteiger partial charge is 0.248 e. The van der Waals surface area contributed by atoms with Gasteiger partial charge in [-0.15, -0.1) is 0 Å². The van der Waals surface area contributed by atoms with E-state index in [1.54, 1.807) is 28.0 Å². The zero-order chi connectivity index (χ0) is 18.8. The number of amides is 1. The molecule has 0 bridgehead atoms. The maximum Gasteiger partial charge on any atom is 0.248 e. The SMILES string of the molecule is Cc1cnn(-c2cc3nccc(N4C[C@@H](C)[C@@](C#N)(C5CC5)C4=O)c3o2)c1. The van der Waals surface area contributed by atoms with E-state index in [9.17, 15) is 10.1 Å². The third kappa shape index (κ3) is 2.16. The van der Waals surface area contributed by atoms with Gasteiger partial charge in [0, 0.05) is 30.9 Å². The van der Waals surface area contributed by atoms with Crippen LogP contribution in [0, 0.1) is 35.5 Å². The van der Waals surface area contributed by atoms with Crippen LogP contribution in [0.1, 0.15) is 25.3 Å². The fourth-order valence-corrected chi connectivity index (χ4v) is 4.28. The van der Waals surface area contributed by atoms with Gasteiger partial charge in [-0.1, -0.05) is 6.92 Å². The van der Waals surface area contributed by atoms with Crippen molar-refractivity contribution in [3.05, 3.63) is 36.3 Å². The molecule has 1 saturated heterocycles. The predicted molar refractivity (Wildman–Crippen MR) is 98.2 cm³/mol. The van der Waals surface area contributed by atoms with Gasteiger partial charge in [0.1, 0.15) is 10.9 Å². The van der Waals surface area contributed by atoms with Crippen LogP contribution in [0.4, 0.5) is 5.69 Å². The second-order valence-electron chi connectivity index (χ2n) is 7.66. The van der Waals surface area contributed by atoms with Crippen molar-refractivity contribution in [2.45, 2.75) is 26.7 Å². The lowest BCUT2D eigenvalue weighted by Gasteiger charge is -2.22. The molecule has 5 rings (SSSR count). The Balaban J connectivity index is 1.60. The second kappa shape index (κ2) is 5.43. The molecule has 1 amide bonds. The van der Waals surface area contributed by atoms with Crippen LogP contribution < -0.4 is 4.90 Å². The largest absolute Gasteiger partial charge is 0.434 e. The van der Waals surface area contributed by atoms with Crippen LogP contribution in [0.3, 0.4) is 0 Å². The molecular weight excluding hydrogens is 342 g/mol. The van der Waals surface area contributed by atoms with E-state index >= 15 is 0 Å². The van der Waals surface area contributed by atoms with Gasteiger partial charge in [-0.2, -0.15) is 10.4 Å². The third-order valence-corrected chi connectivity index (χ3v) is 5.85. The highest BCUT2D eigenvalue weighted by atomic mass is 16.4. The molecule has 0 N–H and O–H groups in total. The molecule has 0 radical (unpaired) electrons. The zero-order valence-electron chi connectivity index (χ0n) is 15.2. The number of aryl methyl sites for hydroxylation is 1. The lowest BCUT2D eigenvalue weighted by Crippen LogP contribution is -2.37. The Hall–Kier alpha value is -3.14. The van der Waals surface area contributed by atoms with Crippen LogP contribution in [-0.4, -0.2) is 27.2 Å². The normalized spacial score (nSPS) is 25.3. The van der Waals surface area contributed by atoms with E-state index in [4.69, 9.17) is 4.42 Å². The first-order valence-corrected chi connectivity index (χ1v) is 9.18. The van der Waals surface area contributed by atoms with E-state index in [-0.39, 0.29) is 17.7 Å². The molecule has 2 atom stereocenters. The highest BCUT2D eigenvalue weighted by Gasteiger charge is 2.61. The fourth-order valence-electron chi connectivity index (χ4n) is 4.28. The monoisotopic (exact) mass is 361 g/mol. The van der Waals surface area contributed by atoms with Crippen molar-refractivity contribution in [3.63, 3.8) is 0 Å². The van der Waals surface area contributed by atoms with E-state index in [0.29, 0.717) is 29.2 Å². The van der Waals surface area contributed by atoms with Crippen LogP contribution in [0.2, 0.25) is 0 Å². The number of carbonyl (C=O) groups excluding carboxylic acids is 1. The molecule has 3 aromatic rings. The van der Waals surface area contributed by atoms with Crippen LogP contribution in [0.15, 0.2) is 35.1 Å². The minimum atomic E-state index is -0.913. The Bertz CT molecular complexity index is 1100. The molecule has 0 spiro atoms. The summed E-state index contributed by atoms with van der Waals surface area (Å²) in [6, 6.07) is 5.97. The first-order chi connectivity index (χ1) is 13.0. The molecule has 1 aliphatic carbocycles. The average Bonchev–Trinajstić information content (AvgIpc) is 3.16. The summed E-state index contributed by atoms with van der Waals surface area (Å²) in [6.07, 6.45) is 7.20. The number of carbonyl (C=O) groups is 1. The summed E-state index contributed by atoms with van der Waals surface area (Å²) < 4.78 is 7.69. The molecule has 0 aromatic carbocycles. The minimum absolute atomic E-state index is 0.0195. The molecule has 0 unspecified atom stereocenters. The standard InChI is InChI=1S/C20H19N5O2/c1-12-8-23-25(9-12)17-7-15-18(27-17)16(5-6-22-15)24-10-13(2)20(11-21,19(24)26)14-3-4-14/h5-9,13-14H,3-4,10H2,1-2H3/t13-,20+/m1/s1. The number of nitrogens with zero attached hydrogens (tertiary/aromatic N) is 5. The number of hydrogen-bond donors (Lipinski definition) is 0. The van der Waals surface area contributed by atoms with Crippen LogP contribution >= 0.6 is 0 Å². The van der Waals surface area contributed by atoms with Gasteiger partial charge in [0.2, 0.25) is 11.8 Å². The highest BCUT2D eigenvalue weighted by molar-refractivity contribution is 6.06. The van der Waals surface area contributed by atoms with Gasteiger partial charge < -0.3 is 9.32 Å². The molecule has 7 heteroatoms. The summed E-state index contributed by atoms with van der Waals surface area (Å²) in [5.41, 5.74) is 1.99. The van der Waals surface area contributed by atoms with Gasteiger partial charge >= 0.3 is 0 Å². The van der Waals surface area contributed by atoms with E-state index < -0.39 is 5.41 Å². The van der Waals surface area contributed by atoms with Gasteiger partial charge in [0.15, 0.2) is 5.58 Å². The van der Waals surface area contributed by atoms with Crippen molar-refractivity contribution in [2.75, 3.05) is 11.4 Å². The Kier molecular flexibility index (Phi) is 3.23. The number of nitriles is 1. The van der Waals surface area contributed by atoms with E-state index in [1.807, 2.05) is 26.1 Å². The van der Waals surface area contributed by atoms with Gasteiger partial charge in [0.05, 0.1) is 18.0 Å². The topological polar surface area (TPSA) is 88.0 Å². The molecule has 1 aliphatic heterocycles. The number of rotatable bonds is 3. The second-order valence-corrected chi connectivity index (χ2v) is 7.66. The van der Waals surface area contributed by atoms with Crippen molar-refractivity contribution in [3.8, 4) is 12.0 Å². The molecule has 27 heavy (non-hydrogen) atoms. The Labute approximate surface area is 156 Å². The van der Waals surface area contributed by atoms with Gasteiger partial charge in [-0.05, 0) is 37.3 Å². The average molecular weight is 361 g/mol. The maximum absolute atomic E-state index is 13.3. The molecule has 2 aliphatic rings. The van der Waals surface area contributed by atoms with Crippen LogP contribution in [0.5, 0.6) is 0 Å². The predicted octanol–water partition coefficient (Wildman–Crippen LogP) is 3.22. The molecule has 2 fully saturated rings.